The van der Waals surface area contributed by atoms with Crippen LogP contribution in [0.1, 0.15) is 18.1 Å². The Hall–Kier alpha value is -2.49. The van der Waals surface area contributed by atoms with E-state index in [4.69, 9.17) is 9.47 Å². The van der Waals surface area contributed by atoms with Gasteiger partial charge in [0, 0.05) is 6.54 Å². The van der Waals surface area contributed by atoms with Crippen LogP contribution in [-0.4, -0.2) is 19.1 Å². The molecule has 1 atom stereocenters. The van der Waals surface area contributed by atoms with Gasteiger partial charge in [-0.1, -0.05) is 24.3 Å². The summed E-state index contributed by atoms with van der Waals surface area (Å²) in [5.41, 5.74) is 2.11. The van der Waals surface area contributed by atoms with Gasteiger partial charge in [0.2, 0.25) is 0 Å². The number of carbonyl (C=O) groups excluding carboxylic acids is 1. The minimum atomic E-state index is -0.542. The Kier molecular flexibility index (Phi) is 5.42. The molecule has 1 amide bonds. The number of carbonyl (C=O) groups is 1. The third-order valence-electron chi connectivity index (χ3n) is 3.30. The molecule has 0 spiro atoms. The predicted octanol–water partition coefficient (Wildman–Crippen LogP) is 3.09. The maximum absolute atomic E-state index is 12.1. The number of amides is 1. The van der Waals surface area contributed by atoms with Gasteiger partial charge in [-0.05, 0) is 49.2 Å². The molecular weight excluding hydrogens is 278 g/mol. The molecular formula is C18H21NO3. The van der Waals surface area contributed by atoms with E-state index >= 15 is 0 Å². The molecule has 22 heavy (non-hydrogen) atoms. The number of nitrogens with one attached hydrogen (secondary N) is 1. The number of hydrogen-bond acceptors (Lipinski definition) is 3. The van der Waals surface area contributed by atoms with Crippen LogP contribution in [-0.2, 0) is 11.3 Å². The second kappa shape index (κ2) is 7.50. The topological polar surface area (TPSA) is 47.6 Å². The van der Waals surface area contributed by atoms with Crippen molar-refractivity contribution < 1.29 is 14.3 Å². The van der Waals surface area contributed by atoms with Gasteiger partial charge < -0.3 is 14.8 Å². The number of rotatable bonds is 6. The van der Waals surface area contributed by atoms with Crippen LogP contribution in [0.4, 0.5) is 0 Å². The number of methoxy groups -OCH3 is 1. The van der Waals surface area contributed by atoms with Crippen LogP contribution >= 0.6 is 0 Å². The fourth-order valence-electron chi connectivity index (χ4n) is 2.02. The molecule has 2 aromatic rings. The molecule has 2 aromatic carbocycles. The van der Waals surface area contributed by atoms with Gasteiger partial charge in [-0.3, -0.25) is 4.79 Å². The normalized spacial score (nSPS) is 11.6. The summed E-state index contributed by atoms with van der Waals surface area (Å²) in [7, 11) is 1.63. The van der Waals surface area contributed by atoms with Crippen molar-refractivity contribution in [1.82, 2.24) is 5.32 Å². The van der Waals surface area contributed by atoms with E-state index in [-0.39, 0.29) is 5.91 Å². The first-order chi connectivity index (χ1) is 10.6. The van der Waals surface area contributed by atoms with E-state index in [2.05, 4.69) is 5.32 Å². The summed E-state index contributed by atoms with van der Waals surface area (Å²) in [5, 5.41) is 2.87. The second-order valence-corrected chi connectivity index (χ2v) is 5.14. The third-order valence-corrected chi connectivity index (χ3v) is 3.30. The van der Waals surface area contributed by atoms with Gasteiger partial charge in [-0.2, -0.15) is 0 Å². The Morgan fingerprint density at radius 3 is 2.50 bits per heavy atom. The second-order valence-electron chi connectivity index (χ2n) is 5.14. The maximum Gasteiger partial charge on any atom is 0.261 e. The van der Waals surface area contributed by atoms with Gasteiger partial charge in [-0.15, -0.1) is 0 Å². The predicted molar refractivity (Wildman–Crippen MR) is 86.1 cm³/mol. The zero-order valence-electron chi connectivity index (χ0n) is 13.1. The summed E-state index contributed by atoms with van der Waals surface area (Å²) in [6.07, 6.45) is -0.542. The largest absolute Gasteiger partial charge is 0.497 e. The third kappa shape index (κ3) is 4.52. The molecule has 116 valence electrons. The van der Waals surface area contributed by atoms with Crippen LogP contribution in [0.25, 0.3) is 0 Å². The highest BCUT2D eigenvalue weighted by Crippen LogP contribution is 2.14. The quantitative estimate of drug-likeness (QED) is 0.891. The minimum Gasteiger partial charge on any atom is -0.497 e. The van der Waals surface area contributed by atoms with E-state index < -0.39 is 6.10 Å². The Morgan fingerprint density at radius 1 is 1.14 bits per heavy atom. The number of benzene rings is 2. The SMILES string of the molecule is COc1ccc(CNC(=O)[C@@H](C)Oc2cccc(C)c2)cc1. The smallest absolute Gasteiger partial charge is 0.261 e. The molecule has 0 aromatic heterocycles. The van der Waals surface area contributed by atoms with E-state index in [0.29, 0.717) is 12.3 Å². The van der Waals surface area contributed by atoms with Gasteiger partial charge in [0.25, 0.3) is 5.91 Å². The Bertz CT molecular complexity index is 622. The van der Waals surface area contributed by atoms with E-state index in [9.17, 15) is 4.79 Å². The standard InChI is InChI=1S/C18H21NO3/c1-13-5-4-6-17(11-13)22-14(2)18(20)19-12-15-7-9-16(21-3)10-8-15/h4-11,14H,12H2,1-3H3,(H,19,20)/t14-/m1/s1. The van der Waals surface area contributed by atoms with E-state index in [1.807, 2.05) is 55.5 Å². The molecule has 0 bridgehead atoms. The lowest BCUT2D eigenvalue weighted by atomic mass is 10.2. The van der Waals surface area contributed by atoms with Crippen LogP contribution in [0.2, 0.25) is 0 Å². The van der Waals surface area contributed by atoms with Crippen LogP contribution in [0, 0.1) is 6.92 Å². The van der Waals surface area contributed by atoms with Gasteiger partial charge in [0.15, 0.2) is 6.10 Å². The van der Waals surface area contributed by atoms with Crippen molar-refractivity contribution in [2.45, 2.75) is 26.5 Å². The van der Waals surface area contributed by atoms with Crippen molar-refractivity contribution >= 4 is 5.91 Å². The number of hydrogen-bond donors (Lipinski definition) is 1. The molecule has 4 nitrogen and oxygen atoms in total. The zero-order chi connectivity index (χ0) is 15.9. The molecule has 1 N–H and O–H groups in total. The van der Waals surface area contributed by atoms with Gasteiger partial charge in [0.1, 0.15) is 11.5 Å². The molecule has 0 unspecified atom stereocenters. The lowest BCUT2D eigenvalue weighted by Gasteiger charge is -2.15. The molecule has 0 aliphatic heterocycles. The lowest BCUT2D eigenvalue weighted by molar-refractivity contribution is -0.127. The van der Waals surface area contributed by atoms with E-state index in [1.165, 1.54) is 0 Å². The lowest BCUT2D eigenvalue weighted by Crippen LogP contribution is -2.35. The van der Waals surface area contributed by atoms with Gasteiger partial charge in [0.05, 0.1) is 7.11 Å². The van der Waals surface area contributed by atoms with Crippen LogP contribution in [0.5, 0.6) is 11.5 Å². The fourth-order valence-corrected chi connectivity index (χ4v) is 2.02. The highest BCUT2D eigenvalue weighted by molar-refractivity contribution is 5.80. The summed E-state index contributed by atoms with van der Waals surface area (Å²) in [6, 6.07) is 15.2. The molecule has 2 rings (SSSR count). The first kappa shape index (κ1) is 15.9. The average molecular weight is 299 g/mol. The molecule has 0 radical (unpaired) electrons. The first-order valence-electron chi connectivity index (χ1n) is 7.22. The van der Waals surface area contributed by atoms with Crippen LogP contribution in [0.3, 0.4) is 0 Å². The van der Waals surface area contributed by atoms with Crippen molar-refractivity contribution in [3.05, 3.63) is 59.7 Å². The van der Waals surface area contributed by atoms with E-state index in [1.54, 1.807) is 14.0 Å². The number of aryl methyl sites for hydroxylation is 1. The summed E-state index contributed by atoms with van der Waals surface area (Å²) < 4.78 is 10.8. The Balaban J connectivity index is 1.85. The maximum atomic E-state index is 12.1. The molecule has 0 heterocycles. The average Bonchev–Trinajstić information content (AvgIpc) is 2.53. The summed E-state index contributed by atoms with van der Waals surface area (Å²) in [4.78, 5) is 12.1. The zero-order valence-corrected chi connectivity index (χ0v) is 13.1. The molecule has 0 saturated carbocycles. The monoisotopic (exact) mass is 299 g/mol. The van der Waals surface area contributed by atoms with E-state index in [0.717, 1.165) is 16.9 Å². The highest BCUT2D eigenvalue weighted by atomic mass is 16.5. The van der Waals surface area contributed by atoms with Gasteiger partial charge >= 0.3 is 0 Å². The highest BCUT2D eigenvalue weighted by Gasteiger charge is 2.14. The summed E-state index contributed by atoms with van der Waals surface area (Å²) in [5.74, 6) is 1.36. The molecule has 0 aliphatic carbocycles. The molecule has 0 saturated heterocycles. The number of ether oxygens (including phenoxy) is 2. The Labute approximate surface area is 131 Å². The van der Waals surface area contributed by atoms with Crippen molar-refractivity contribution in [2.24, 2.45) is 0 Å². The van der Waals surface area contributed by atoms with Crippen molar-refractivity contribution in [1.29, 1.82) is 0 Å². The molecule has 0 fully saturated rings. The van der Waals surface area contributed by atoms with Crippen molar-refractivity contribution in [3.8, 4) is 11.5 Å². The minimum absolute atomic E-state index is 0.141. The Morgan fingerprint density at radius 2 is 1.86 bits per heavy atom. The fraction of sp³-hybridized carbons (Fsp3) is 0.278. The van der Waals surface area contributed by atoms with Crippen molar-refractivity contribution in [3.63, 3.8) is 0 Å². The van der Waals surface area contributed by atoms with Crippen LogP contribution in [0.15, 0.2) is 48.5 Å². The van der Waals surface area contributed by atoms with Crippen LogP contribution < -0.4 is 14.8 Å². The summed E-state index contributed by atoms with van der Waals surface area (Å²) >= 11 is 0. The van der Waals surface area contributed by atoms with Gasteiger partial charge in [-0.25, -0.2) is 0 Å². The van der Waals surface area contributed by atoms with Crippen molar-refractivity contribution in [2.75, 3.05) is 7.11 Å². The molecule has 4 heteroatoms. The molecule has 0 aliphatic rings. The summed E-state index contributed by atoms with van der Waals surface area (Å²) in [6.45, 7) is 4.19. The first-order valence-corrected chi connectivity index (χ1v) is 7.22.